The van der Waals surface area contributed by atoms with Gasteiger partial charge in [-0.3, -0.25) is 4.90 Å². The number of aliphatic imine (C=N–C) groups is 1. The first-order valence-corrected chi connectivity index (χ1v) is 9.11. The lowest BCUT2D eigenvalue weighted by atomic mass is 9.99. The van der Waals surface area contributed by atoms with Crippen LogP contribution in [0.25, 0.3) is 0 Å². The molecule has 2 aromatic carbocycles. The number of anilines is 1. The standard InChI is InChI=1S/C21H28N4.HI/c1-17-6-5-13-25(15-17)16-19-11-9-18(10-12-19)14-23-21(22)24-20-7-3-2-4-8-20;/h2-4,7-12,17H,5-6,13-16H2,1H3,(H3,22,23,24);1H. The third kappa shape index (κ3) is 6.61. The number of hydrogen-bond acceptors (Lipinski definition) is 2. The van der Waals surface area contributed by atoms with Crippen molar-refractivity contribution in [1.29, 1.82) is 0 Å². The topological polar surface area (TPSA) is 53.6 Å². The fraction of sp³-hybridized carbons (Fsp3) is 0.381. The highest BCUT2D eigenvalue weighted by Gasteiger charge is 2.15. The van der Waals surface area contributed by atoms with Crippen LogP contribution in [0.4, 0.5) is 5.69 Å². The molecule has 1 atom stereocenters. The largest absolute Gasteiger partial charge is 0.370 e. The minimum Gasteiger partial charge on any atom is -0.370 e. The van der Waals surface area contributed by atoms with Crippen molar-refractivity contribution >= 4 is 35.6 Å². The molecule has 0 bridgehead atoms. The molecule has 140 valence electrons. The zero-order valence-electron chi connectivity index (χ0n) is 15.4. The molecule has 0 saturated carbocycles. The lowest BCUT2D eigenvalue weighted by molar-refractivity contribution is 0.176. The van der Waals surface area contributed by atoms with Gasteiger partial charge in [0.15, 0.2) is 5.96 Å². The summed E-state index contributed by atoms with van der Waals surface area (Å²) in [5, 5.41) is 3.10. The van der Waals surface area contributed by atoms with E-state index < -0.39 is 0 Å². The van der Waals surface area contributed by atoms with Crippen molar-refractivity contribution in [3.05, 3.63) is 65.7 Å². The van der Waals surface area contributed by atoms with Crippen LogP contribution >= 0.6 is 24.0 Å². The molecule has 1 fully saturated rings. The lowest BCUT2D eigenvalue weighted by Crippen LogP contribution is -2.33. The summed E-state index contributed by atoms with van der Waals surface area (Å²) in [6.07, 6.45) is 2.69. The van der Waals surface area contributed by atoms with E-state index >= 15 is 0 Å². The molecule has 1 unspecified atom stereocenters. The Kier molecular flexibility index (Phi) is 8.38. The third-order valence-corrected chi connectivity index (χ3v) is 4.65. The fourth-order valence-electron chi connectivity index (χ4n) is 3.32. The van der Waals surface area contributed by atoms with Crippen molar-refractivity contribution in [2.45, 2.75) is 32.9 Å². The summed E-state index contributed by atoms with van der Waals surface area (Å²) in [4.78, 5) is 6.98. The molecule has 0 spiro atoms. The molecule has 0 aliphatic carbocycles. The Morgan fingerprint density at radius 2 is 1.81 bits per heavy atom. The summed E-state index contributed by atoms with van der Waals surface area (Å²) in [5.41, 5.74) is 9.45. The van der Waals surface area contributed by atoms with Crippen LogP contribution in [-0.2, 0) is 13.1 Å². The van der Waals surface area contributed by atoms with Gasteiger partial charge >= 0.3 is 0 Å². The molecule has 26 heavy (non-hydrogen) atoms. The number of nitrogens with zero attached hydrogens (tertiary/aromatic N) is 2. The summed E-state index contributed by atoms with van der Waals surface area (Å²) in [7, 11) is 0. The van der Waals surface area contributed by atoms with Crippen LogP contribution in [0.3, 0.4) is 0 Å². The molecule has 5 heteroatoms. The molecule has 0 amide bonds. The third-order valence-electron chi connectivity index (χ3n) is 4.65. The van der Waals surface area contributed by atoms with Gasteiger partial charge in [0.2, 0.25) is 0 Å². The molecule has 3 rings (SSSR count). The van der Waals surface area contributed by atoms with Crippen molar-refractivity contribution < 1.29 is 0 Å². The Hall–Kier alpha value is -1.60. The molecule has 1 aliphatic rings. The average molecular weight is 464 g/mol. The summed E-state index contributed by atoms with van der Waals surface area (Å²) in [5.74, 6) is 1.26. The predicted molar refractivity (Wildman–Crippen MR) is 121 cm³/mol. The van der Waals surface area contributed by atoms with Crippen LogP contribution in [0.1, 0.15) is 30.9 Å². The second kappa shape index (κ2) is 10.5. The number of guanidine groups is 1. The molecule has 1 heterocycles. The van der Waals surface area contributed by atoms with Gasteiger partial charge in [-0.15, -0.1) is 24.0 Å². The van der Waals surface area contributed by atoms with Crippen LogP contribution < -0.4 is 11.1 Å². The molecular weight excluding hydrogens is 435 g/mol. The number of benzene rings is 2. The predicted octanol–water partition coefficient (Wildman–Crippen LogP) is 4.46. The SMILES string of the molecule is CC1CCCN(Cc2ccc(CN=C(N)Nc3ccccc3)cc2)C1.I. The zero-order chi connectivity index (χ0) is 17.5. The van der Waals surface area contributed by atoms with Crippen molar-refractivity contribution in [2.75, 3.05) is 18.4 Å². The van der Waals surface area contributed by atoms with E-state index in [0.717, 1.165) is 18.2 Å². The number of hydrogen-bond donors (Lipinski definition) is 2. The summed E-state index contributed by atoms with van der Waals surface area (Å²) in [6, 6.07) is 18.6. The van der Waals surface area contributed by atoms with Gasteiger partial charge in [-0.1, -0.05) is 49.4 Å². The molecule has 2 aromatic rings. The number of likely N-dealkylation sites (tertiary alicyclic amines) is 1. The van der Waals surface area contributed by atoms with Crippen LogP contribution in [0.2, 0.25) is 0 Å². The van der Waals surface area contributed by atoms with Gasteiger partial charge in [0.05, 0.1) is 6.54 Å². The fourth-order valence-corrected chi connectivity index (χ4v) is 3.32. The van der Waals surface area contributed by atoms with E-state index in [1.165, 1.54) is 37.1 Å². The molecular formula is C21H29IN4. The summed E-state index contributed by atoms with van der Waals surface area (Å²) < 4.78 is 0. The maximum absolute atomic E-state index is 5.95. The highest BCUT2D eigenvalue weighted by molar-refractivity contribution is 14.0. The molecule has 4 nitrogen and oxygen atoms in total. The van der Waals surface area contributed by atoms with Gasteiger partial charge in [-0.2, -0.15) is 0 Å². The molecule has 1 aliphatic heterocycles. The first kappa shape index (κ1) is 20.7. The Balaban J connectivity index is 0.00000243. The van der Waals surface area contributed by atoms with E-state index in [-0.39, 0.29) is 24.0 Å². The maximum atomic E-state index is 5.95. The monoisotopic (exact) mass is 464 g/mol. The normalized spacial score (nSPS) is 18.2. The first-order chi connectivity index (χ1) is 12.2. The summed E-state index contributed by atoms with van der Waals surface area (Å²) >= 11 is 0. The highest BCUT2D eigenvalue weighted by Crippen LogP contribution is 2.18. The zero-order valence-corrected chi connectivity index (χ0v) is 17.7. The molecule has 0 radical (unpaired) electrons. The Labute approximate surface area is 173 Å². The van der Waals surface area contributed by atoms with Gasteiger partial charge < -0.3 is 11.1 Å². The van der Waals surface area contributed by atoms with Gasteiger partial charge in [0.25, 0.3) is 0 Å². The lowest BCUT2D eigenvalue weighted by Gasteiger charge is -2.30. The van der Waals surface area contributed by atoms with E-state index in [0.29, 0.717) is 12.5 Å². The molecule has 0 aromatic heterocycles. The first-order valence-electron chi connectivity index (χ1n) is 9.11. The minimum atomic E-state index is 0. The van der Waals surface area contributed by atoms with Gasteiger partial charge in [-0.25, -0.2) is 4.99 Å². The average Bonchev–Trinajstić information content (AvgIpc) is 2.62. The Bertz CT molecular complexity index is 685. The maximum Gasteiger partial charge on any atom is 0.193 e. The van der Waals surface area contributed by atoms with Crippen molar-refractivity contribution in [2.24, 2.45) is 16.6 Å². The Morgan fingerprint density at radius 1 is 1.12 bits per heavy atom. The number of rotatable bonds is 5. The number of piperidine rings is 1. The number of para-hydroxylation sites is 1. The number of nitrogens with two attached hydrogens (primary N) is 1. The minimum absolute atomic E-state index is 0. The van der Waals surface area contributed by atoms with Crippen molar-refractivity contribution in [3.8, 4) is 0 Å². The number of nitrogens with one attached hydrogen (secondary N) is 1. The van der Waals surface area contributed by atoms with E-state index in [1.807, 2.05) is 30.3 Å². The van der Waals surface area contributed by atoms with E-state index in [9.17, 15) is 0 Å². The van der Waals surface area contributed by atoms with Crippen molar-refractivity contribution in [3.63, 3.8) is 0 Å². The van der Waals surface area contributed by atoms with E-state index in [2.05, 4.69) is 46.4 Å². The number of halogens is 1. The molecule has 1 saturated heterocycles. The van der Waals surface area contributed by atoms with Crippen LogP contribution in [0.15, 0.2) is 59.6 Å². The Morgan fingerprint density at radius 3 is 2.50 bits per heavy atom. The molecule has 3 N–H and O–H groups in total. The van der Waals surface area contributed by atoms with Crippen LogP contribution in [-0.4, -0.2) is 23.9 Å². The smallest absolute Gasteiger partial charge is 0.193 e. The summed E-state index contributed by atoms with van der Waals surface area (Å²) in [6.45, 7) is 6.42. The van der Waals surface area contributed by atoms with E-state index in [1.54, 1.807) is 0 Å². The van der Waals surface area contributed by atoms with Gasteiger partial charge in [-0.05, 0) is 48.6 Å². The van der Waals surface area contributed by atoms with E-state index in [4.69, 9.17) is 5.73 Å². The van der Waals surface area contributed by atoms with Crippen LogP contribution in [0.5, 0.6) is 0 Å². The van der Waals surface area contributed by atoms with Gasteiger partial charge in [0.1, 0.15) is 0 Å². The quantitative estimate of drug-likeness (QED) is 0.390. The van der Waals surface area contributed by atoms with Crippen LogP contribution in [0, 0.1) is 5.92 Å². The van der Waals surface area contributed by atoms with Crippen molar-refractivity contribution in [1.82, 2.24) is 4.90 Å². The van der Waals surface area contributed by atoms with Gasteiger partial charge in [0, 0.05) is 18.8 Å². The highest BCUT2D eigenvalue weighted by atomic mass is 127. The second-order valence-corrected chi connectivity index (χ2v) is 6.99. The second-order valence-electron chi connectivity index (χ2n) is 6.99.